The van der Waals surface area contributed by atoms with E-state index in [9.17, 15) is 0 Å². The molecule has 0 unspecified atom stereocenters. The topological polar surface area (TPSA) is 71.2 Å². The van der Waals surface area contributed by atoms with Crippen molar-refractivity contribution in [3.05, 3.63) is 6.20 Å². The molecular formula is C5H11N3OS2. The van der Waals surface area contributed by atoms with Crippen molar-refractivity contribution in [2.75, 3.05) is 19.8 Å². The van der Waals surface area contributed by atoms with Crippen LogP contribution in [-0.4, -0.2) is 23.6 Å². The Morgan fingerprint density at radius 1 is 1.73 bits per heavy atom. The third kappa shape index (κ3) is 5.02. The van der Waals surface area contributed by atoms with Crippen LogP contribution in [0.25, 0.3) is 0 Å². The average Bonchev–Trinajstić information content (AvgIpc) is 2.37. The van der Waals surface area contributed by atoms with E-state index in [0.29, 0.717) is 17.2 Å². The van der Waals surface area contributed by atoms with Crippen molar-refractivity contribution in [1.82, 2.24) is 10.3 Å². The molecule has 0 fully saturated rings. The van der Waals surface area contributed by atoms with E-state index in [0.717, 1.165) is 4.21 Å². The van der Waals surface area contributed by atoms with E-state index < -0.39 is 0 Å². The molecule has 0 atom stereocenters. The molecular weight excluding hydrogens is 182 g/mol. The van der Waals surface area contributed by atoms with Crippen molar-refractivity contribution in [3.8, 4) is 0 Å². The number of nitrogens with two attached hydrogens (primary N) is 1. The number of hydrogen-bond acceptors (Lipinski definition) is 6. The van der Waals surface area contributed by atoms with Gasteiger partial charge in [-0.05, 0) is 14.1 Å². The molecule has 0 bridgehead atoms. The highest BCUT2D eigenvalue weighted by Crippen LogP contribution is 2.22. The van der Waals surface area contributed by atoms with Gasteiger partial charge in [-0.25, -0.2) is 4.98 Å². The molecule has 4 nitrogen and oxygen atoms in total. The minimum Gasteiger partial charge on any atom is -0.375 e. The van der Waals surface area contributed by atoms with Crippen LogP contribution in [0, 0.1) is 0 Å². The molecule has 1 rings (SSSR count). The zero-order valence-corrected chi connectivity index (χ0v) is 8.00. The van der Waals surface area contributed by atoms with Gasteiger partial charge in [0.1, 0.15) is 4.21 Å². The molecule has 1 heterocycles. The summed E-state index contributed by atoms with van der Waals surface area (Å²) in [6.45, 7) is 0. The number of aromatic nitrogens is 1. The first kappa shape index (κ1) is 10.7. The Bertz CT molecular complexity index is 192. The maximum Gasteiger partial charge on any atom is 0.181 e. The third-order valence-electron chi connectivity index (χ3n) is 0.592. The van der Waals surface area contributed by atoms with E-state index in [4.69, 9.17) is 10.3 Å². The minimum absolute atomic E-state index is 0.488. The quantitative estimate of drug-likeness (QED) is 0.583. The second-order valence-corrected chi connectivity index (χ2v) is 3.55. The van der Waals surface area contributed by atoms with Crippen LogP contribution >= 0.6 is 23.4 Å². The van der Waals surface area contributed by atoms with Gasteiger partial charge in [0.15, 0.2) is 5.13 Å². The molecule has 0 aliphatic carbocycles. The molecule has 64 valence electrons. The zero-order chi connectivity index (χ0) is 8.69. The molecule has 1 aromatic rings. The van der Waals surface area contributed by atoms with Gasteiger partial charge in [0, 0.05) is 12.0 Å². The summed E-state index contributed by atoms with van der Waals surface area (Å²) >= 11 is 1.93. The van der Waals surface area contributed by atoms with Gasteiger partial charge in [0.05, 0.1) is 6.20 Å². The summed E-state index contributed by atoms with van der Waals surface area (Å²) in [5.74, 6) is 0. The number of thiazole rings is 1. The van der Waals surface area contributed by atoms with E-state index in [1.54, 1.807) is 0 Å². The molecule has 0 aliphatic rings. The van der Waals surface area contributed by atoms with Crippen LogP contribution in [0.5, 0.6) is 0 Å². The second-order valence-electron chi connectivity index (χ2n) is 1.61. The molecule has 0 aliphatic heterocycles. The Morgan fingerprint density at radius 2 is 2.27 bits per heavy atom. The molecule has 1 aromatic heterocycles. The van der Waals surface area contributed by atoms with E-state index in [2.05, 4.69) is 10.3 Å². The Labute approximate surface area is 74.0 Å². The molecule has 0 aromatic carbocycles. The molecule has 0 amide bonds. The maximum atomic E-state index is 8.38. The summed E-state index contributed by atoms with van der Waals surface area (Å²) < 4.78 is 9.11. The van der Waals surface area contributed by atoms with Crippen molar-refractivity contribution in [2.24, 2.45) is 0 Å². The Hall–Kier alpha value is -0.300. The Kier molecular flexibility index (Phi) is 6.24. The van der Waals surface area contributed by atoms with Crippen LogP contribution in [0.3, 0.4) is 0 Å². The van der Waals surface area contributed by atoms with E-state index in [1.165, 1.54) is 17.5 Å². The Morgan fingerprint density at radius 3 is 2.45 bits per heavy atom. The van der Waals surface area contributed by atoms with Crippen LogP contribution in [0.15, 0.2) is 10.4 Å². The zero-order valence-electron chi connectivity index (χ0n) is 6.37. The lowest BCUT2D eigenvalue weighted by Gasteiger charge is -1.76. The van der Waals surface area contributed by atoms with Crippen molar-refractivity contribution in [3.63, 3.8) is 0 Å². The van der Waals surface area contributed by atoms with Crippen molar-refractivity contribution >= 4 is 28.5 Å². The van der Waals surface area contributed by atoms with Gasteiger partial charge in [0.2, 0.25) is 0 Å². The lowest BCUT2D eigenvalue weighted by molar-refractivity contribution is 0.665. The maximum absolute atomic E-state index is 8.38. The smallest absolute Gasteiger partial charge is 0.181 e. The predicted octanol–water partition coefficient (Wildman–Crippen LogP) is 1.13. The first-order valence-corrected chi connectivity index (χ1v) is 4.44. The van der Waals surface area contributed by atoms with E-state index >= 15 is 0 Å². The number of nitrogen functional groups attached to an aromatic ring is 1. The van der Waals surface area contributed by atoms with Gasteiger partial charge in [-0.1, -0.05) is 11.3 Å². The lowest BCUT2D eigenvalue weighted by Crippen LogP contribution is -1.89. The van der Waals surface area contributed by atoms with Crippen LogP contribution < -0.4 is 11.1 Å². The summed E-state index contributed by atoms with van der Waals surface area (Å²) in [5, 5.41) is 3.24. The first-order valence-electron chi connectivity index (χ1n) is 2.85. The second kappa shape index (κ2) is 6.41. The monoisotopic (exact) mass is 193 g/mol. The SMILES string of the molecule is CNC.Nc1ncc(SO)s1. The summed E-state index contributed by atoms with van der Waals surface area (Å²) in [6, 6.07) is 0. The standard InChI is InChI=1S/C3H4N2OS2.C2H7N/c4-3-5-1-2(7-3)8-6;1-3-2/h1,6H,(H2,4,5);3H,1-2H3. The number of nitrogens with zero attached hydrogens (tertiary/aromatic N) is 1. The molecule has 0 spiro atoms. The van der Waals surface area contributed by atoms with Gasteiger partial charge in [0.25, 0.3) is 0 Å². The van der Waals surface area contributed by atoms with Crippen LogP contribution in [0.4, 0.5) is 5.13 Å². The van der Waals surface area contributed by atoms with Gasteiger partial charge >= 0.3 is 0 Å². The highest BCUT2D eigenvalue weighted by atomic mass is 32.2. The van der Waals surface area contributed by atoms with E-state index in [1.807, 2.05) is 14.1 Å². The number of hydrogen-bond donors (Lipinski definition) is 3. The van der Waals surface area contributed by atoms with E-state index in [-0.39, 0.29) is 0 Å². The fourth-order valence-corrected chi connectivity index (χ4v) is 1.24. The largest absolute Gasteiger partial charge is 0.375 e. The molecule has 0 radical (unpaired) electrons. The molecule has 0 saturated heterocycles. The number of anilines is 1. The van der Waals surface area contributed by atoms with Gasteiger partial charge in [-0.15, -0.1) is 0 Å². The Balaban J connectivity index is 0.000000292. The third-order valence-corrected chi connectivity index (χ3v) is 1.97. The fourth-order valence-electron chi connectivity index (χ4n) is 0.314. The van der Waals surface area contributed by atoms with Crippen LogP contribution in [-0.2, 0) is 0 Å². The summed E-state index contributed by atoms with van der Waals surface area (Å²) in [5.41, 5.74) is 5.24. The van der Waals surface area contributed by atoms with Crippen molar-refractivity contribution in [2.45, 2.75) is 4.21 Å². The van der Waals surface area contributed by atoms with Gasteiger partial charge in [-0.3, -0.25) is 0 Å². The normalized spacial score (nSPS) is 8.64. The lowest BCUT2D eigenvalue weighted by atomic mass is 11.0. The molecule has 0 saturated carbocycles. The summed E-state index contributed by atoms with van der Waals surface area (Å²) in [4.78, 5) is 3.70. The van der Waals surface area contributed by atoms with Crippen molar-refractivity contribution in [1.29, 1.82) is 0 Å². The molecule has 11 heavy (non-hydrogen) atoms. The molecule has 4 N–H and O–H groups in total. The highest BCUT2D eigenvalue weighted by Gasteiger charge is 1.94. The predicted molar refractivity (Wildman–Crippen MR) is 50.0 cm³/mol. The van der Waals surface area contributed by atoms with Gasteiger partial charge < -0.3 is 15.6 Å². The number of rotatable bonds is 1. The highest BCUT2D eigenvalue weighted by molar-refractivity contribution is 7.95. The van der Waals surface area contributed by atoms with Crippen LogP contribution in [0.1, 0.15) is 0 Å². The summed E-state index contributed by atoms with van der Waals surface area (Å²) in [6.07, 6.45) is 1.53. The summed E-state index contributed by atoms with van der Waals surface area (Å²) in [7, 11) is 3.75. The van der Waals surface area contributed by atoms with Crippen LogP contribution in [0.2, 0.25) is 0 Å². The first-order chi connectivity index (χ1) is 5.24. The average molecular weight is 193 g/mol. The minimum atomic E-state index is 0.488. The molecule has 6 heteroatoms. The fraction of sp³-hybridized carbons (Fsp3) is 0.400. The van der Waals surface area contributed by atoms with Crippen molar-refractivity contribution < 1.29 is 4.55 Å². The number of nitrogens with one attached hydrogen (secondary N) is 1. The van der Waals surface area contributed by atoms with Gasteiger partial charge in [-0.2, -0.15) is 0 Å².